The third kappa shape index (κ3) is 16.5. The minimum absolute atomic E-state index is 0. The molecule has 0 saturated carbocycles. The fourth-order valence-electron chi connectivity index (χ4n) is 15.1. The number of rotatable bonds is 12. The van der Waals surface area contributed by atoms with Gasteiger partial charge in [-0.05, 0) is 161 Å². The van der Waals surface area contributed by atoms with Crippen molar-refractivity contribution in [1.29, 1.82) is 0 Å². The fourth-order valence-corrected chi connectivity index (χ4v) is 15.1. The van der Waals surface area contributed by atoms with Crippen molar-refractivity contribution in [2.45, 2.75) is 141 Å². The second kappa shape index (κ2) is 35.4. The van der Waals surface area contributed by atoms with Crippen LogP contribution in [0, 0.1) is 41.5 Å². The maximum atomic E-state index is 2.40. The summed E-state index contributed by atoms with van der Waals surface area (Å²) in [7, 11) is 0. The smallest absolute Gasteiger partial charge is 0.0643 e. The number of fused-ring (bicyclic) bond motifs is 3. The highest BCUT2D eigenvalue weighted by molar-refractivity contribution is 5.76. The predicted molar refractivity (Wildman–Crippen MR) is 435 cm³/mol. The zero-order valence-corrected chi connectivity index (χ0v) is 58.8. The molecule has 0 spiro atoms. The van der Waals surface area contributed by atoms with Crippen molar-refractivity contribution in [2.24, 2.45) is 0 Å². The monoisotopic (exact) mass is 1300 g/mol. The molecular weight excluding hydrogens is 1190 g/mol. The molecule has 0 fully saturated rings. The number of aryl methyl sites for hydroxylation is 6. The van der Waals surface area contributed by atoms with Gasteiger partial charge in [0.25, 0.3) is 0 Å². The lowest BCUT2D eigenvalue weighted by Gasteiger charge is -2.33. The van der Waals surface area contributed by atoms with Crippen LogP contribution in [-0.4, -0.2) is 0 Å². The van der Waals surface area contributed by atoms with E-state index in [1.807, 2.05) is 41.5 Å². The molecule has 3 aliphatic carbocycles. The summed E-state index contributed by atoms with van der Waals surface area (Å²) < 4.78 is 0. The highest BCUT2D eigenvalue weighted by Crippen LogP contribution is 2.50. The maximum Gasteiger partial charge on any atom is 0.0643 e. The Morgan fingerprint density at radius 1 is 0.212 bits per heavy atom. The van der Waals surface area contributed by atoms with Crippen molar-refractivity contribution >= 4 is 18.2 Å². The van der Waals surface area contributed by atoms with Gasteiger partial charge in [-0.25, -0.2) is 0 Å². The van der Waals surface area contributed by atoms with Gasteiger partial charge in [0.05, 0.1) is 16.2 Å². The summed E-state index contributed by atoms with van der Waals surface area (Å²) in [4.78, 5) is 0. The molecule has 99 heavy (non-hydrogen) atoms. The molecule has 12 aromatic rings. The van der Waals surface area contributed by atoms with E-state index in [1.54, 1.807) is 0 Å². The summed E-state index contributed by atoms with van der Waals surface area (Å²) >= 11 is 0. The van der Waals surface area contributed by atoms with Crippen LogP contribution in [0.3, 0.4) is 0 Å². The highest BCUT2D eigenvalue weighted by atomic mass is 14.4. The lowest BCUT2D eigenvalue weighted by molar-refractivity contribution is 0.780. The van der Waals surface area contributed by atoms with Crippen LogP contribution in [0.5, 0.6) is 0 Å². The largest absolute Gasteiger partial charge is 0.0776 e. The molecule has 0 saturated heterocycles. The van der Waals surface area contributed by atoms with Crippen LogP contribution in [-0.2, 0) is 35.5 Å². The van der Waals surface area contributed by atoms with E-state index in [-0.39, 0.29) is 38.5 Å². The number of hydrogen-bond donors (Lipinski definition) is 0. The van der Waals surface area contributed by atoms with E-state index in [0.717, 1.165) is 19.3 Å². The van der Waals surface area contributed by atoms with Crippen molar-refractivity contribution in [3.05, 3.63) is 443 Å². The van der Waals surface area contributed by atoms with Gasteiger partial charge in [-0.15, -0.1) is 0 Å². The summed E-state index contributed by atoms with van der Waals surface area (Å²) in [6, 6.07) is 107. The second-order valence-corrected chi connectivity index (χ2v) is 25.4. The van der Waals surface area contributed by atoms with Crippen LogP contribution in [0.15, 0.2) is 309 Å². The maximum absolute atomic E-state index is 2.40. The summed E-state index contributed by atoms with van der Waals surface area (Å²) in [6.07, 6.45) is 16.8. The highest BCUT2D eigenvalue weighted by Gasteiger charge is 2.41. The third-order valence-electron chi connectivity index (χ3n) is 18.7. The van der Waals surface area contributed by atoms with Gasteiger partial charge in [0.2, 0.25) is 0 Å². The fraction of sp³-hybridized carbons (Fsp3) is 0.212. The minimum atomic E-state index is -0.257. The average molecular weight is 1300 g/mol. The molecule has 3 aliphatic rings. The average Bonchev–Trinajstić information content (AvgIpc) is 1.47. The molecule has 0 heteroatoms. The molecule has 504 valence electrons. The van der Waals surface area contributed by atoms with Gasteiger partial charge in [0.15, 0.2) is 0 Å². The Labute approximate surface area is 598 Å². The zero-order valence-electron chi connectivity index (χ0n) is 58.8. The molecule has 0 aromatic heterocycles. The van der Waals surface area contributed by atoms with E-state index in [4.69, 9.17) is 0 Å². The first-order chi connectivity index (χ1) is 47.0. The number of benzene rings is 12. The molecular formula is C99H108. The van der Waals surface area contributed by atoms with Crippen molar-refractivity contribution in [3.8, 4) is 0 Å². The molecule has 15 rings (SSSR count). The quantitative estimate of drug-likeness (QED) is 0.114. The van der Waals surface area contributed by atoms with Crippen molar-refractivity contribution < 1.29 is 0 Å². The van der Waals surface area contributed by atoms with Gasteiger partial charge in [0, 0.05) is 0 Å². The van der Waals surface area contributed by atoms with Gasteiger partial charge in [-0.3, -0.25) is 0 Å². The Bertz CT molecular complexity index is 4550. The molecule has 0 amide bonds. The Morgan fingerprint density at radius 2 is 0.505 bits per heavy atom. The molecule has 3 unspecified atom stereocenters. The molecule has 0 aliphatic heterocycles. The topological polar surface area (TPSA) is 0 Å². The molecule has 0 nitrogen and oxygen atoms in total. The predicted octanol–water partition coefficient (Wildman–Crippen LogP) is 26.8. The normalized spacial score (nSPS) is 15.8. The van der Waals surface area contributed by atoms with E-state index in [9.17, 15) is 0 Å². The SMILES string of the molecule is C.C.C.CC.CC.CC.Cc1cc(C)cc(Cc2ccc(C3(c4ccccc4)C=Cc4ccccc43)cc2)c1.Cc1cc(C)cc(Cc2cccc(C3(c4ccccc4)C=Cc4ccccc43)c2)c1.Cc1cc(C)cc(Cc2ccccc2C2(c3ccccc3)C=Cc3ccccc32)c1. The molecule has 0 radical (unpaired) electrons. The Morgan fingerprint density at radius 3 is 0.919 bits per heavy atom. The minimum Gasteiger partial charge on any atom is -0.0776 e. The van der Waals surface area contributed by atoms with Gasteiger partial charge < -0.3 is 0 Å². The van der Waals surface area contributed by atoms with E-state index in [1.165, 1.54) is 134 Å². The van der Waals surface area contributed by atoms with E-state index in [2.05, 4.69) is 369 Å². The van der Waals surface area contributed by atoms with Gasteiger partial charge >= 0.3 is 0 Å². The zero-order chi connectivity index (χ0) is 67.7. The summed E-state index contributed by atoms with van der Waals surface area (Å²) in [6.45, 7) is 25.1. The molecule has 0 heterocycles. The standard InChI is InChI=1S/3C30H26.3C2H6.3CH4/c1-22-18-23(2)20-24(19-22)21-26-11-7-9-15-29(26)30(27-12-4-3-5-13-27)17-16-25-10-6-8-14-28(25)30;1-22-17-23(2)19-25(18-22)20-24-9-8-13-28(21-24)30(27-11-4-3-5-12-27)16-15-26-10-6-7-14-29(26)30;1-22-18-23(2)20-25(19-22)21-24-12-14-28(15-13-24)30(27-9-4-3-5-10-27)17-16-26-8-6-7-11-29(26)30;3*1-2;;;/h3-20H,21H2,1-2H3;3-19,21H,20H2,1-2H3;3-20H,21H2,1-2H3;3*1-2H3;3*1H4. The van der Waals surface area contributed by atoms with Crippen molar-refractivity contribution in [2.75, 3.05) is 0 Å². The van der Waals surface area contributed by atoms with Gasteiger partial charge in [-0.2, -0.15) is 0 Å². The van der Waals surface area contributed by atoms with Crippen LogP contribution >= 0.6 is 0 Å². The Kier molecular flexibility index (Phi) is 27.2. The third-order valence-corrected chi connectivity index (χ3v) is 18.7. The number of hydrogen-bond acceptors (Lipinski definition) is 0. The first kappa shape index (κ1) is 76.2. The molecule has 3 atom stereocenters. The molecule has 0 bridgehead atoms. The van der Waals surface area contributed by atoms with Crippen LogP contribution in [0.25, 0.3) is 18.2 Å². The number of allylic oxidation sites excluding steroid dienone is 3. The van der Waals surface area contributed by atoms with Crippen LogP contribution in [0.2, 0.25) is 0 Å². The summed E-state index contributed by atoms with van der Waals surface area (Å²) in [5, 5.41) is 0. The van der Waals surface area contributed by atoms with Crippen molar-refractivity contribution in [1.82, 2.24) is 0 Å². The first-order valence-electron chi connectivity index (χ1n) is 35.0. The Balaban J connectivity index is 0.000000198. The van der Waals surface area contributed by atoms with E-state index in [0.29, 0.717) is 0 Å². The van der Waals surface area contributed by atoms with Crippen LogP contribution in [0.4, 0.5) is 0 Å². The summed E-state index contributed by atoms with van der Waals surface area (Å²) in [5.74, 6) is 0. The first-order valence-corrected chi connectivity index (χ1v) is 35.0. The lowest BCUT2D eigenvalue weighted by atomic mass is 9.69. The van der Waals surface area contributed by atoms with Crippen LogP contribution in [0.1, 0.15) is 197 Å². The van der Waals surface area contributed by atoms with E-state index >= 15 is 0 Å². The van der Waals surface area contributed by atoms with E-state index < -0.39 is 0 Å². The second-order valence-electron chi connectivity index (χ2n) is 25.4. The molecule has 0 N–H and O–H groups in total. The van der Waals surface area contributed by atoms with Crippen LogP contribution < -0.4 is 0 Å². The van der Waals surface area contributed by atoms with Crippen molar-refractivity contribution in [3.63, 3.8) is 0 Å². The lowest BCUT2D eigenvalue weighted by Crippen LogP contribution is -2.27. The van der Waals surface area contributed by atoms with Gasteiger partial charge in [-0.1, -0.05) is 425 Å². The Hall–Kier alpha value is -10.1. The molecule has 12 aromatic carbocycles. The van der Waals surface area contributed by atoms with Gasteiger partial charge in [0.1, 0.15) is 0 Å². The summed E-state index contributed by atoms with van der Waals surface area (Å²) in [5.41, 5.74) is 31.4.